The van der Waals surface area contributed by atoms with Crippen LogP contribution >= 0.6 is 73.9 Å². The molecule has 1 aliphatic heterocycles. The second-order valence-corrected chi connectivity index (χ2v) is 9.13. The monoisotopic (exact) mass is 636 g/mol. The first-order valence-corrected chi connectivity index (χ1v) is 11.4. The van der Waals surface area contributed by atoms with E-state index in [1.807, 2.05) is 0 Å². The van der Waals surface area contributed by atoms with Crippen LogP contribution in [0, 0.1) is 3.57 Å². The van der Waals surface area contributed by atoms with Crippen molar-refractivity contribution >= 4 is 103 Å². The Hall–Kier alpha value is -1.46. The third-order valence-electron chi connectivity index (χ3n) is 3.95. The predicted molar refractivity (Wildman–Crippen MR) is 135 cm³/mol. The van der Waals surface area contributed by atoms with Crippen LogP contribution in [0.2, 0.25) is 10.0 Å². The van der Waals surface area contributed by atoms with Crippen molar-refractivity contribution in [2.24, 2.45) is 0 Å². The lowest BCUT2D eigenvalue weighted by Crippen LogP contribution is -2.54. The molecule has 3 rings (SSSR count). The van der Waals surface area contributed by atoms with Crippen LogP contribution in [-0.4, -0.2) is 23.5 Å². The molecule has 1 N–H and O–H groups in total. The van der Waals surface area contributed by atoms with E-state index in [4.69, 9.17) is 40.2 Å². The van der Waals surface area contributed by atoms with Gasteiger partial charge >= 0.3 is 0 Å². The fraction of sp³-hybridized carbons (Fsp3) is 0.0500. The molecule has 154 valence electrons. The number of anilines is 1. The molecular weight excluding hydrogens is 626 g/mol. The number of thiocarbonyl (C=S) groups is 1. The highest BCUT2D eigenvalue weighted by Gasteiger charge is 2.35. The highest BCUT2D eigenvalue weighted by Crippen LogP contribution is 2.35. The van der Waals surface area contributed by atoms with Crippen LogP contribution in [0.4, 0.5) is 5.69 Å². The lowest BCUT2D eigenvalue weighted by molar-refractivity contribution is -0.122. The van der Waals surface area contributed by atoms with Gasteiger partial charge in [0.15, 0.2) is 5.11 Å². The zero-order valence-corrected chi connectivity index (χ0v) is 21.1. The number of benzene rings is 2. The summed E-state index contributed by atoms with van der Waals surface area (Å²) in [6.45, 7) is 3.98. The van der Waals surface area contributed by atoms with Gasteiger partial charge in [0.2, 0.25) is 0 Å². The van der Waals surface area contributed by atoms with Crippen LogP contribution < -0.4 is 15.0 Å². The lowest BCUT2D eigenvalue weighted by atomic mass is 10.1. The maximum absolute atomic E-state index is 13.2. The molecule has 0 aliphatic carbocycles. The van der Waals surface area contributed by atoms with E-state index in [2.05, 4.69) is 50.4 Å². The SMILES string of the molecule is C=CCOc1c(Br)cc(/C=C2\C(=O)NC(=S)N(c3cccc(Cl)c3Cl)C2=O)cc1I. The van der Waals surface area contributed by atoms with Crippen molar-refractivity contribution in [2.75, 3.05) is 11.5 Å². The van der Waals surface area contributed by atoms with Crippen LogP contribution in [-0.2, 0) is 9.59 Å². The Morgan fingerprint density at radius 2 is 2.03 bits per heavy atom. The molecule has 0 aromatic heterocycles. The first-order chi connectivity index (χ1) is 14.2. The Bertz CT molecular complexity index is 1100. The van der Waals surface area contributed by atoms with Gasteiger partial charge in [0, 0.05) is 0 Å². The number of amides is 2. The van der Waals surface area contributed by atoms with Gasteiger partial charge in [0.25, 0.3) is 11.8 Å². The van der Waals surface area contributed by atoms with E-state index < -0.39 is 11.8 Å². The second-order valence-electron chi connectivity index (χ2n) is 5.94. The number of carbonyl (C=O) groups excluding carboxylic acids is 2. The number of halogens is 4. The third kappa shape index (κ3) is 4.72. The summed E-state index contributed by atoms with van der Waals surface area (Å²) in [5.74, 6) is -0.561. The minimum Gasteiger partial charge on any atom is -0.487 e. The van der Waals surface area contributed by atoms with Crippen molar-refractivity contribution in [3.05, 3.63) is 72.2 Å². The molecule has 2 aromatic carbocycles. The minimum atomic E-state index is -0.606. The van der Waals surface area contributed by atoms with Crippen LogP contribution in [0.3, 0.4) is 0 Å². The number of hydrogen-bond acceptors (Lipinski definition) is 4. The van der Waals surface area contributed by atoms with Crippen molar-refractivity contribution in [2.45, 2.75) is 0 Å². The van der Waals surface area contributed by atoms with Gasteiger partial charge in [-0.15, -0.1) is 0 Å². The van der Waals surface area contributed by atoms with Gasteiger partial charge in [0.05, 0.1) is 23.8 Å². The van der Waals surface area contributed by atoms with Crippen LogP contribution in [0.1, 0.15) is 5.56 Å². The third-order valence-corrected chi connectivity index (χ3v) is 6.43. The molecule has 30 heavy (non-hydrogen) atoms. The average Bonchev–Trinajstić information content (AvgIpc) is 2.67. The van der Waals surface area contributed by atoms with E-state index in [1.165, 1.54) is 6.08 Å². The summed E-state index contributed by atoms with van der Waals surface area (Å²) in [7, 11) is 0. The van der Waals surface area contributed by atoms with Crippen molar-refractivity contribution < 1.29 is 14.3 Å². The van der Waals surface area contributed by atoms with Crippen molar-refractivity contribution in [1.29, 1.82) is 0 Å². The topological polar surface area (TPSA) is 58.6 Å². The van der Waals surface area contributed by atoms with Crippen LogP contribution in [0.25, 0.3) is 6.08 Å². The number of nitrogens with zero attached hydrogens (tertiary/aromatic N) is 1. The Morgan fingerprint density at radius 3 is 2.70 bits per heavy atom. The van der Waals surface area contributed by atoms with E-state index >= 15 is 0 Å². The van der Waals surface area contributed by atoms with E-state index in [1.54, 1.807) is 36.4 Å². The van der Waals surface area contributed by atoms with Gasteiger partial charge in [-0.3, -0.25) is 19.8 Å². The highest BCUT2D eigenvalue weighted by molar-refractivity contribution is 14.1. The Morgan fingerprint density at radius 1 is 1.30 bits per heavy atom. The van der Waals surface area contributed by atoms with Gasteiger partial charge < -0.3 is 4.74 Å². The summed E-state index contributed by atoms with van der Waals surface area (Å²) < 4.78 is 7.10. The Balaban J connectivity index is 2.03. The lowest BCUT2D eigenvalue weighted by Gasteiger charge is -2.29. The first-order valence-electron chi connectivity index (χ1n) is 8.32. The number of rotatable bonds is 5. The summed E-state index contributed by atoms with van der Waals surface area (Å²) in [6, 6.07) is 8.37. The van der Waals surface area contributed by atoms with E-state index in [0.29, 0.717) is 22.4 Å². The largest absolute Gasteiger partial charge is 0.487 e. The summed E-state index contributed by atoms with van der Waals surface area (Å²) in [5.41, 5.74) is 0.816. The smallest absolute Gasteiger partial charge is 0.270 e. The fourth-order valence-electron chi connectivity index (χ4n) is 2.65. The van der Waals surface area contributed by atoms with Crippen molar-refractivity contribution in [1.82, 2.24) is 5.32 Å². The maximum atomic E-state index is 13.2. The summed E-state index contributed by atoms with van der Waals surface area (Å²) in [4.78, 5) is 26.8. The summed E-state index contributed by atoms with van der Waals surface area (Å²) >= 11 is 23.1. The highest BCUT2D eigenvalue weighted by atomic mass is 127. The normalized spacial score (nSPS) is 15.4. The van der Waals surface area contributed by atoms with Crippen LogP contribution in [0.15, 0.2) is 53.0 Å². The molecule has 2 aromatic rings. The number of ether oxygens (including phenoxy) is 1. The quantitative estimate of drug-likeness (QED) is 0.149. The molecule has 0 bridgehead atoms. The molecule has 2 amide bonds. The zero-order valence-electron chi connectivity index (χ0n) is 15.0. The maximum Gasteiger partial charge on any atom is 0.270 e. The molecule has 10 heteroatoms. The van der Waals surface area contributed by atoms with Crippen molar-refractivity contribution in [3.8, 4) is 5.75 Å². The molecular formula is C20H12BrCl2IN2O3S. The summed E-state index contributed by atoms with van der Waals surface area (Å²) in [5, 5.41) is 2.87. The molecule has 1 aliphatic rings. The number of carbonyl (C=O) groups is 2. The molecule has 0 atom stereocenters. The molecule has 1 saturated heterocycles. The molecule has 0 spiro atoms. The molecule has 1 fully saturated rings. The number of hydrogen-bond donors (Lipinski definition) is 1. The van der Waals surface area contributed by atoms with E-state index in [0.717, 1.165) is 8.47 Å². The van der Waals surface area contributed by atoms with Gasteiger partial charge in [-0.2, -0.15) is 0 Å². The molecule has 0 radical (unpaired) electrons. The molecule has 0 unspecified atom stereocenters. The Kier molecular flexibility index (Phi) is 7.56. The average molecular weight is 638 g/mol. The first kappa shape index (κ1) is 23.2. The number of nitrogens with one attached hydrogen (secondary N) is 1. The molecule has 1 heterocycles. The van der Waals surface area contributed by atoms with Gasteiger partial charge in [-0.05, 0) is 86.6 Å². The van der Waals surface area contributed by atoms with Gasteiger partial charge in [-0.25, -0.2) is 0 Å². The van der Waals surface area contributed by atoms with Gasteiger partial charge in [-0.1, -0.05) is 41.9 Å². The predicted octanol–water partition coefficient (Wildman–Crippen LogP) is 5.76. The van der Waals surface area contributed by atoms with Crippen LogP contribution in [0.5, 0.6) is 5.75 Å². The minimum absolute atomic E-state index is 0.0738. The van der Waals surface area contributed by atoms with E-state index in [9.17, 15) is 9.59 Å². The van der Waals surface area contributed by atoms with Crippen molar-refractivity contribution in [3.63, 3.8) is 0 Å². The van der Waals surface area contributed by atoms with Gasteiger partial charge in [0.1, 0.15) is 17.9 Å². The zero-order chi connectivity index (χ0) is 22.0. The summed E-state index contributed by atoms with van der Waals surface area (Å²) in [6.07, 6.45) is 3.12. The molecule has 5 nitrogen and oxygen atoms in total. The Labute approximate surface area is 210 Å². The molecule has 0 saturated carbocycles. The standard InChI is InChI=1S/C20H12BrCl2IN2O3S/c1-2-6-29-17-12(21)8-10(9-14(17)24)7-11-18(27)25-20(30)26(19(11)28)15-5-3-4-13(22)16(15)23/h2-5,7-9H,1,6H2,(H,25,27,30)/b11-7+. The fourth-order valence-corrected chi connectivity index (χ4v) is 5.07. The van der Waals surface area contributed by atoms with E-state index in [-0.39, 0.29) is 26.4 Å². The second kappa shape index (κ2) is 9.78.